The molecule has 2 aromatic rings. The molecule has 0 unspecified atom stereocenters. The molecule has 1 aliphatic rings. The standard InChI is InChI=1S/C29H42N2OS/c1-3-5-7-8-9-10-11-13-23-32-28-21-19-27(20-22-28)31-24-30-29(33-31)26-17-15-25(16-18-26)14-12-6-4-2/h15-22H,3-14,23-24H2,1-2H3. The highest BCUT2D eigenvalue weighted by molar-refractivity contribution is 8.15. The van der Waals surface area contributed by atoms with E-state index >= 15 is 0 Å². The van der Waals surface area contributed by atoms with E-state index in [0.29, 0.717) is 6.67 Å². The number of hydrogen-bond donors (Lipinski definition) is 0. The normalized spacial score (nSPS) is 13.4. The Balaban J connectivity index is 1.35. The van der Waals surface area contributed by atoms with Crippen molar-refractivity contribution in [3.8, 4) is 5.75 Å². The number of aliphatic imine (C=N–C) groups is 1. The van der Waals surface area contributed by atoms with Crippen LogP contribution in [0.2, 0.25) is 0 Å². The highest BCUT2D eigenvalue weighted by atomic mass is 32.2. The second-order valence-electron chi connectivity index (χ2n) is 9.05. The van der Waals surface area contributed by atoms with E-state index in [4.69, 9.17) is 9.73 Å². The topological polar surface area (TPSA) is 24.8 Å². The third-order valence-corrected chi connectivity index (χ3v) is 7.29. The SMILES string of the molecule is CCCCCCCCCCOc1ccc(N2CN=C(c3ccc(CCCCC)cc3)S2)cc1. The van der Waals surface area contributed by atoms with Crippen LogP contribution in [0.15, 0.2) is 53.5 Å². The van der Waals surface area contributed by atoms with Crippen molar-refractivity contribution in [1.29, 1.82) is 0 Å². The second-order valence-corrected chi connectivity index (χ2v) is 10.1. The monoisotopic (exact) mass is 466 g/mol. The number of rotatable bonds is 16. The molecule has 0 aromatic heterocycles. The van der Waals surface area contributed by atoms with Crippen LogP contribution in [-0.4, -0.2) is 18.3 Å². The zero-order valence-corrected chi connectivity index (χ0v) is 21.5. The molecule has 0 atom stereocenters. The van der Waals surface area contributed by atoms with E-state index in [0.717, 1.165) is 23.8 Å². The first kappa shape index (κ1) is 25.7. The van der Waals surface area contributed by atoms with Gasteiger partial charge in [0.2, 0.25) is 0 Å². The van der Waals surface area contributed by atoms with E-state index in [9.17, 15) is 0 Å². The van der Waals surface area contributed by atoms with Crippen molar-refractivity contribution in [3.63, 3.8) is 0 Å². The maximum atomic E-state index is 5.95. The Kier molecular flexibility index (Phi) is 11.7. The molecular weight excluding hydrogens is 424 g/mol. The minimum atomic E-state index is 0.691. The summed E-state index contributed by atoms with van der Waals surface area (Å²) in [6.07, 6.45) is 15.6. The van der Waals surface area contributed by atoms with E-state index in [1.54, 1.807) is 11.9 Å². The molecule has 0 N–H and O–H groups in total. The average Bonchev–Trinajstić information content (AvgIpc) is 3.34. The van der Waals surface area contributed by atoms with Gasteiger partial charge in [0.25, 0.3) is 0 Å². The summed E-state index contributed by atoms with van der Waals surface area (Å²) in [6.45, 7) is 6.03. The van der Waals surface area contributed by atoms with E-state index in [1.165, 1.54) is 87.4 Å². The van der Waals surface area contributed by atoms with Crippen molar-refractivity contribution in [2.75, 3.05) is 17.6 Å². The molecule has 4 heteroatoms. The predicted molar refractivity (Wildman–Crippen MR) is 146 cm³/mol. The summed E-state index contributed by atoms with van der Waals surface area (Å²) in [7, 11) is 0. The lowest BCUT2D eigenvalue weighted by atomic mass is 10.1. The van der Waals surface area contributed by atoms with Crippen LogP contribution in [-0.2, 0) is 6.42 Å². The first-order valence-electron chi connectivity index (χ1n) is 13.1. The van der Waals surface area contributed by atoms with Crippen LogP contribution in [0.5, 0.6) is 5.75 Å². The Hall–Kier alpha value is -1.94. The number of aryl methyl sites for hydroxylation is 1. The van der Waals surface area contributed by atoms with Gasteiger partial charge in [-0.1, -0.05) is 95.9 Å². The number of hydrogen-bond acceptors (Lipinski definition) is 4. The fourth-order valence-corrected chi connectivity index (χ4v) is 5.00. The van der Waals surface area contributed by atoms with E-state index in [2.05, 4.69) is 66.7 Å². The van der Waals surface area contributed by atoms with Gasteiger partial charge in [-0.15, -0.1) is 0 Å². The minimum absolute atomic E-state index is 0.691. The smallest absolute Gasteiger partial charge is 0.122 e. The molecule has 33 heavy (non-hydrogen) atoms. The molecule has 1 aliphatic heterocycles. The van der Waals surface area contributed by atoms with Gasteiger partial charge in [0.15, 0.2) is 0 Å². The van der Waals surface area contributed by atoms with E-state index in [1.807, 2.05) is 0 Å². The fourth-order valence-electron chi connectivity index (χ4n) is 4.10. The predicted octanol–water partition coefficient (Wildman–Crippen LogP) is 8.81. The Labute approximate surface area is 206 Å². The summed E-state index contributed by atoms with van der Waals surface area (Å²) >= 11 is 1.73. The van der Waals surface area contributed by atoms with Gasteiger partial charge < -0.3 is 4.74 Å². The molecule has 2 aromatic carbocycles. The molecule has 0 aliphatic carbocycles. The first-order valence-corrected chi connectivity index (χ1v) is 13.9. The van der Waals surface area contributed by atoms with Crippen LogP contribution in [0.4, 0.5) is 5.69 Å². The Morgan fingerprint density at radius 2 is 1.39 bits per heavy atom. The maximum absolute atomic E-state index is 5.95. The largest absolute Gasteiger partial charge is 0.494 e. The zero-order chi connectivity index (χ0) is 23.1. The summed E-state index contributed by atoms with van der Waals surface area (Å²) in [5.74, 6) is 0.964. The summed E-state index contributed by atoms with van der Waals surface area (Å²) in [4.78, 5) is 4.77. The second kappa shape index (κ2) is 15.1. The molecular formula is C29H42N2OS. The maximum Gasteiger partial charge on any atom is 0.122 e. The molecule has 0 fully saturated rings. The van der Waals surface area contributed by atoms with Gasteiger partial charge in [-0.05, 0) is 49.1 Å². The van der Waals surface area contributed by atoms with Gasteiger partial charge in [0, 0.05) is 23.2 Å². The summed E-state index contributed by atoms with van der Waals surface area (Å²) in [5, 5.41) is 1.10. The van der Waals surface area contributed by atoms with Crippen molar-refractivity contribution in [3.05, 3.63) is 59.7 Å². The lowest BCUT2D eigenvalue weighted by Gasteiger charge is -2.16. The van der Waals surface area contributed by atoms with E-state index in [-0.39, 0.29) is 0 Å². The molecule has 0 radical (unpaired) electrons. The highest BCUT2D eigenvalue weighted by Crippen LogP contribution is 2.32. The Morgan fingerprint density at radius 3 is 2.09 bits per heavy atom. The molecule has 0 bridgehead atoms. The molecule has 180 valence electrons. The number of benzene rings is 2. The molecule has 3 rings (SSSR count). The van der Waals surface area contributed by atoms with Gasteiger partial charge in [0.05, 0.1) is 6.61 Å². The number of anilines is 1. The van der Waals surface area contributed by atoms with Crippen LogP contribution in [0, 0.1) is 0 Å². The third-order valence-electron chi connectivity index (χ3n) is 6.20. The van der Waals surface area contributed by atoms with Crippen LogP contribution < -0.4 is 9.04 Å². The fraction of sp³-hybridized carbons (Fsp3) is 0.552. The summed E-state index contributed by atoms with van der Waals surface area (Å²) < 4.78 is 8.19. The summed E-state index contributed by atoms with van der Waals surface area (Å²) in [5.41, 5.74) is 3.82. The average molecular weight is 467 g/mol. The van der Waals surface area contributed by atoms with Gasteiger partial charge in [-0.25, -0.2) is 0 Å². The van der Waals surface area contributed by atoms with Gasteiger partial charge in [0.1, 0.15) is 17.5 Å². The van der Waals surface area contributed by atoms with Crippen molar-refractivity contribution in [1.82, 2.24) is 0 Å². The minimum Gasteiger partial charge on any atom is -0.494 e. The van der Waals surface area contributed by atoms with Crippen molar-refractivity contribution in [2.24, 2.45) is 4.99 Å². The van der Waals surface area contributed by atoms with Gasteiger partial charge in [-0.2, -0.15) is 0 Å². The number of nitrogens with zero attached hydrogens (tertiary/aromatic N) is 2. The zero-order valence-electron chi connectivity index (χ0n) is 20.7. The van der Waals surface area contributed by atoms with Crippen molar-refractivity contribution < 1.29 is 4.74 Å². The highest BCUT2D eigenvalue weighted by Gasteiger charge is 2.19. The molecule has 0 spiro atoms. The Bertz CT molecular complexity index is 817. The van der Waals surface area contributed by atoms with E-state index < -0.39 is 0 Å². The Morgan fingerprint density at radius 1 is 0.758 bits per heavy atom. The number of unbranched alkanes of at least 4 members (excludes halogenated alkanes) is 9. The van der Waals surface area contributed by atoms with Crippen LogP contribution >= 0.6 is 11.9 Å². The third kappa shape index (κ3) is 9.08. The molecule has 0 amide bonds. The first-order chi connectivity index (χ1) is 16.3. The number of ether oxygens (including phenoxy) is 1. The van der Waals surface area contributed by atoms with Gasteiger partial charge >= 0.3 is 0 Å². The lowest BCUT2D eigenvalue weighted by Crippen LogP contribution is -2.10. The van der Waals surface area contributed by atoms with Crippen LogP contribution in [0.3, 0.4) is 0 Å². The lowest BCUT2D eigenvalue weighted by molar-refractivity contribution is 0.304. The molecule has 1 heterocycles. The van der Waals surface area contributed by atoms with Crippen molar-refractivity contribution in [2.45, 2.75) is 90.9 Å². The quantitative estimate of drug-likeness (QED) is 0.182. The molecule has 3 nitrogen and oxygen atoms in total. The van der Waals surface area contributed by atoms with Crippen molar-refractivity contribution >= 4 is 22.7 Å². The van der Waals surface area contributed by atoms with Gasteiger partial charge in [-0.3, -0.25) is 9.30 Å². The van der Waals surface area contributed by atoms with Crippen LogP contribution in [0.1, 0.15) is 95.6 Å². The van der Waals surface area contributed by atoms with Crippen LogP contribution in [0.25, 0.3) is 0 Å². The molecule has 0 saturated heterocycles. The molecule has 0 saturated carbocycles. The summed E-state index contributed by atoms with van der Waals surface area (Å²) in [6, 6.07) is 17.4.